The van der Waals surface area contributed by atoms with Crippen LogP contribution < -0.4 is 0 Å². The summed E-state index contributed by atoms with van der Waals surface area (Å²) in [7, 11) is 0. The van der Waals surface area contributed by atoms with E-state index in [1.54, 1.807) is 12.2 Å². The number of allylic oxidation sites excluding steroid dienone is 4. The summed E-state index contributed by atoms with van der Waals surface area (Å²) in [5.41, 5.74) is 10.5. The van der Waals surface area contributed by atoms with Crippen LogP contribution in [0.4, 0.5) is 0 Å². The third kappa shape index (κ3) is 5.80. The molecular formula is C46H32N4. The lowest BCUT2D eigenvalue weighted by atomic mass is 9.94. The van der Waals surface area contributed by atoms with Gasteiger partial charge in [0.05, 0.1) is 22.6 Å². The van der Waals surface area contributed by atoms with Gasteiger partial charge in [-0.25, -0.2) is 19.9 Å². The van der Waals surface area contributed by atoms with Crippen molar-refractivity contribution in [1.29, 1.82) is 0 Å². The molecule has 0 bridgehead atoms. The molecule has 0 amide bonds. The van der Waals surface area contributed by atoms with E-state index in [-0.39, 0.29) is 0 Å². The van der Waals surface area contributed by atoms with Gasteiger partial charge < -0.3 is 0 Å². The Morgan fingerprint density at radius 3 is 1.76 bits per heavy atom. The molecule has 6 aromatic carbocycles. The van der Waals surface area contributed by atoms with E-state index in [0.29, 0.717) is 11.6 Å². The van der Waals surface area contributed by atoms with E-state index >= 15 is 0 Å². The molecule has 0 atom stereocenters. The van der Waals surface area contributed by atoms with Gasteiger partial charge >= 0.3 is 0 Å². The number of para-hydroxylation sites is 1. The summed E-state index contributed by atoms with van der Waals surface area (Å²) in [6.45, 7) is 7.98. The highest BCUT2D eigenvalue weighted by Gasteiger charge is 2.16. The first-order valence-corrected chi connectivity index (χ1v) is 16.6. The Balaban J connectivity index is 1.25. The van der Waals surface area contributed by atoms with E-state index in [4.69, 9.17) is 19.9 Å². The molecule has 2 heterocycles. The van der Waals surface area contributed by atoms with Gasteiger partial charge in [0.1, 0.15) is 0 Å². The predicted octanol–water partition coefficient (Wildman–Crippen LogP) is 11.7. The molecule has 0 saturated heterocycles. The highest BCUT2D eigenvalue weighted by atomic mass is 14.9. The normalized spacial score (nSPS) is 11.5. The van der Waals surface area contributed by atoms with Crippen molar-refractivity contribution in [3.05, 3.63) is 189 Å². The van der Waals surface area contributed by atoms with Gasteiger partial charge in [-0.1, -0.05) is 165 Å². The molecule has 0 aliphatic carbocycles. The van der Waals surface area contributed by atoms with Crippen LogP contribution in [0.1, 0.15) is 5.69 Å². The molecule has 0 N–H and O–H groups in total. The fraction of sp³-hybridized carbons (Fsp3) is 0. The van der Waals surface area contributed by atoms with Crippen molar-refractivity contribution in [2.45, 2.75) is 0 Å². The number of fused-ring (bicyclic) bond motifs is 2. The molecule has 8 aromatic rings. The Morgan fingerprint density at radius 1 is 0.460 bits per heavy atom. The molecular weight excluding hydrogens is 609 g/mol. The summed E-state index contributed by atoms with van der Waals surface area (Å²) >= 11 is 0. The van der Waals surface area contributed by atoms with Gasteiger partial charge in [-0.15, -0.1) is 0 Å². The lowest BCUT2D eigenvalue weighted by Gasteiger charge is -2.14. The molecule has 4 nitrogen and oxygen atoms in total. The van der Waals surface area contributed by atoms with Crippen LogP contribution in [-0.4, -0.2) is 19.9 Å². The van der Waals surface area contributed by atoms with Crippen LogP contribution in [0.25, 0.3) is 83.7 Å². The van der Waals surface area contributed by atoms with E-state index in [0.717, 1.165) is 66.6 Å². The maximum Gasteiger partial charge on any atom is 0.161 e. The van der Waals surface area contributed by atoms with Crippen molar-refractivity contribution in [3.63, 3.8) is 0 Å². The van der Waals surface area contributed by atoms with E-state index < -0.39 is 0 Å². The number of nitrogens with zero attached hydrogens (tertiary/aromatic N) is 4. The number of hydrogen-bond acceptors (Lipinski definition) is 4. The van der Waals surface area contributed by atoms with Gasteiger partial charge in [-0.3, -0.25) is 0 Å². The SMILES string of the molecule is C=C/C=C(\C=C)c1cc(-c2ccc(-c3nc(-c4ccccc4)c4ccccc4n3)cc2)nc(-c2ccc(-c3ccccc3)c3ccccc23)n1. The second-order valence-corrected chi connectivity index (χ2v) is 12.0. The largest absolute Gasteiger partial charge is 0.228 e. The third-order valence-electron chi connectivity index (χ3n) is 8.88. The molecule has 50 heavy (non-hydrogen) atoms. The quantitative estimate of drug-likeness (QED) is 0.155. The maximum atomic E-state index is 5.17. The second-order valence-electron chi connectivity index (χ2n) is 12.0. The Kier molecular flexibility index (Phi) is 8.17. The van der Waals surface area contributed by atoms with Crippen molar-refractivity contribution >= 4 is 27.2 Å². The Bertz CT molecular complexity index is 2550. The second kappa shape index (κ2) is 13.4. The van der Waals surface area contributed by atoms with Crippen LogP contribution in [0.15, 0.2) is 183 Å². The molecule has 2 aromatic heterocycles. The van der Waals surface area contributed by atoms with Crippen molar-refractivity contribution in [1.82, 2.24) is 19.9 Å². The molecule has 0 radical (unpaired) electrons. The molecule has 0 spiro atoms. The van der Waals surface area contributed by atoms with Crippen LogP contribution in [0.2, 0.25) is 0 Å². The number of aromatic nitrogens is 4. The predicted molar refractivity (Wildman–Crippen MR) is 208 cm³/mol. The van der Waals surface area contributed by atoms with Crippen molar-refractivity contribution < 1.29 is 0 Å². The average molecular weight is 641 g/mol. The Hall–Kier alpha value is -6.78. The lowest BCUT2D eigenvalue weighted by molar-refractivity contribution is 1.16. The minimum atomic E-state index is 0.638. The standard InChI is InChI=1S/C46H32N4/c1-3-15-31(4-2)42-30-43(49-46(48-42)39-29-28-36(32-16-7-5-8-17-32)37-20-11-12-21-38(37)39)33-24-26-35(27-25-33)45-47-41-23-14-13-22-40(41)44(50-45)34-18-9-6-10-19-34/h3-30H,1-2H2/b31-15+. The van der Waals surface area contributed by atoms with Crippen molar-refractivity contribution in [2.75, 3.05) is 0 Å². The summed E-state index contributed by atoms with van der Waals surface area (Å²) in [5.74, 6) is 1.31. The summed E-state index contributed by atoms with van der Waals surface area (Å²) < 4.78 is 0. The third-order valence-corrected chi connectivity index (χ3v) is 8.88. The Labute approximate surface area is 291 Å². The first-order valence-electron chi connectivity index (χ1n) is 16.6. The summed E-state index contributed by atoms with van der Waals surface area (Å²) in [6.07, 6.45) is 5.48. The lowest BCUT2D eigenvalue weighted by Crippen LogP contribution is -1.99. The molecule has 4 heteroatoms. The van der Waals surface area contributed by atoms with Crippen LogP contribution in [-0.2, 0) is 0 Å². The molecule has 236 valence electrons. The highest BCUT2D eigenvalue weighted by molar-refractivity contribution is 6.04. The van der Waals surface area contributed by atoms with Gasteiger partial charge in [-0.05, 0) is 45.7 Å². The fourth-order valence-corrected chi connectivity index (χ4v) is 6.42. The maximum absolute atomic E-state index is 5.17. The van der Waals surface area contributed by atoms with Crippen LogP contribution in [0.3, 0.4) is 0 Å². The molecule has 0 aliphatic heterocycles. The van der Waals surface area contributed by atoms with E-state index in [1.165, 1.54) is 11.1 Å². The van der Waals surface area contributed by atoms with Gasteiger partial charge in [0, 0.05) is 27.6 Å². The Morgan fingerprint density at radius 2 is 1.06 bits per heavy atom. The number of rotatable bonds is 8. The molecule has 0 aliphatic rings. The first kappa shape index (κ1) is 30.5. The summed E-state index contributed by atoms with van der Waals surface area (Å²) in [5, 5.41) is 3.25. The highest BCUT2D eigenvalue weighted by Crippen LogP contribution is 2.36. The van der Waals surface area contributed by atoms with Crippen molar-refractivity contribution in [2.24, 2.45) is 0 Å². The van der Waals surface area contributed by atoms with Gasteiger partial charge in [0.15, 0.2) is 11.6 Å². The first-order chi connectivity index (χ1) is 24.7. The molecule has 8 rings (SSSR count). The van der Waals surface area contributed by atoms with Gasteiger partial charge in [0.2, 0.25) is 0 Å². The molecule has 0 saturated carbocycles. The minimum Gasteiger partial charge on any atom is -0.228 e. The zero-order valence-corrected chi connectivity index (χ0v) is 27.4. The summed E-state index contributed by atoms with van der Waals surface area (Å²) in [4.78, 5) is 20.3. The molecule has 0 unspecified atom stereocenters. The van der Waals surface area contributed by atoms with E-state index in [2.05, 4.69) is 116 Å². The van der Waals surface area contributed by atoms with Crippen LogP contribution in [0.5, 0.6) is 0 Å². The molecule has 0 fully saturated rings. The van der Waals surface area contributed by atoms with Gasteiger partial charge in [-0.2, -0.15) is 0 Å². The minimum absolute atomic E-state index is 0.638. The van der Waals surface area contributed by atoms with E-state index in [1.807, 2.05) is 54.6 Å². The monoisotopic (exact) mass is 640 g/mol. The average Bonchev–Trinajstić information content (AvgIpc) is 3.19. The zero-order valence-electron chi connectivity index (χ0n) is 27.4. The number of benzene rings is 6. The number of hydrogen-bond donors (Lipinski definition) is 0. The fourth-order valence-electron chi connectivity index (χ4n) is 6.42. The van der Waals surface area contributed by atoms with Gasteiger partial charge in [0.25, 0.3) is 0 Å². The van der Waals surface area contributed by atoms with Crippen LogP contribution in [0, 0.1) is 0 Å². The van der Waals surface area contributed by atoms with E-state index in [9.17, 15) is 0 Å². The van der Waals surface area contributed by atoms with Crippen LogP contribution >= 0.6 is 0 Å². The summed E-state index contributed by atoms with van der Waals surface area (Å²) in [6, 6.07) is 51.9. The topological polar surface area (TPSA) is 51.6 Å². The smallest absolute Gasteiger partial charge is 0.161 e. The zero-order chi connectivity index (χ0) is 33.9. The van der Waals surface area contributed by atoms with Crippen molar-refractivity contribution in [3.8, 4) is 56.4 Å².